The van der Waals surface area contributed by atoms with E-state index in [0.29, 0.717) is 18.3 Å². The normalized spacial score (nSPS) is 17.7. The first kappa shape index (κ1) is 20.1. The lowest BCUT2D eigenvalue weighted by atomic mass is 9.92. The van der Waals surface area contributed by atoms with Crippen LogP contribution in [0.1, 0.15) is 48.0 Å². The topological polar surface area (TPSA) is 76.5 Å². The highest BCUT2D eigenvalue weighted by atomic mass is 16.5. The van der Waals surface area contributed by atoms with Gasteiger partial charge in [-0.05, 0) is 50.8 Å². The average Bonchev–Trinajstić information content (AvgIpc) is 2.90. The van der Waals surface area contributed by atoms with Crippen LogP contribution < -0.4 is 5.32 Å². The van der Waals surface area contributed by atoms with E-state index >= 15 is 0 Å². The van der Waals surface area contributed by atoms with Crippen molar-refractivity contribution >= 4 is 17.7 Å². The highest BCUT2D eigenvalue weighted by molar-refractivity contribution is 6.00. The smallest absolute Gasteiger partial charge is 0.343 e. The van der Waals surface area contributed by atoms with E-state index in [9.17, 15) is 9.59 Å². The fraction of sp³-hybridized carbons (Fsp3) is 0.476. The molecule has 2 aromatic rings. The van der Waals surface area contributed by atoms with Crippen molar-refractivity contribution in [3.63, 3.8) is 0 Å². The zero-order valence-corrected chi connectivity index (χ0v) is 16.6. The molecule has 2 heterocycles. The van der Waals surface area contributed by atoms with Crippen LogP contribution in [-0.4, -0.2) is 52.8 Å². The second-order valence-electron chi connectivity index (χ2n) is 7.11. The van der Waals surface area contributed by atoms with Gasteiger partial charge in [-0.25, -0.2) is 4.79 Å². The van der Waals surface area contributed by atoms with Crippen LogP contribution in [0.5, 0.6) is 0 Å². The standard InChI is InChI=1S/C21H28N4O3/c1-3-28-21(27)18-14-22-24(2)20(18)23-19(26)15-25-12-7-10-17(11-13-25)16-8-5-4-6-9-16/h4-6,8-9,14,17H,3,7,10-13,15H2,1-2H3,(H,23,26). The van der Waals surface area contributed by atoms with E-state index in [1.165, 1.54) is 16.4 Å². The highest BCUT2D eigenvalue weighted by Gasteiger charge is 2.22. The molecule has 0 spiro atoms. The molecule has 1 aromatic carbocycles. The Bertz CT molecular complexity index is 803. The molecular weight excluding hydrogens is 356 g/mol. The van der Waals surface area contributed by atoms with Crippen molar-refractivity contribution < 1.29 is 14.3 Å². The number of aromatic nitrogens is 2. The molecule has 1 saturated heterocycles. The SMILES string of the molecule is CCOC(=O)c1cnn(C)c1NC(=O)CN1CCCC(c2ccccc2)CC1. The van der Waals surface area contributed by atoms with Gasteiger partial charge in [-0.1, -0.05) is 30.3 Å². The van der Waals surface area contributed by atoms with Crippen molar-refractivity contribution in [3.05, 3.63) is 47.7 Å². The van der Waals surface area contributed by atoms with Crippen LogP contribution >= 0.6 is 0 Å². The van der Waals surface area contributed by atoms with Crippen molar-refractivity contribution in [2.24, 2.45) is 7.05 Å². The van der Waals surface area contributed by atoms with Gasteiger partial charge in [-0.3, -0.25) is 14.4 Å². The molecule has 3 rings (SSSR count). The minimum absolute atomic E-state index is 0.146. The van der Waals surface area contributed by atoms with Crippen LogP contribution in [0.15, 0.2) is 36.5 Å². The first-order valence-electron chi connectivity index (χ1n) is 9.84. The lowest BCUT2D eigenvalue weighted by molar-refractivity contribution is -0.117. The Hall–Kier alpha value is -2.67. The number of nitrogens with one attached hydrogen (secondary N) is 1. The Labute approximate surface area is 165 Å². The zero-order chi connectivity index (χ0) is 19.9. The lowest BCUT2D eigenvalue weighted by Crippen LogP contribution is -2.34. The first-order valence-corrected chi connectivity index (χ1v) is 9.84. The van der Waals surface area contributed by atoms with Gasteiger partial charge in [-0.15, -0.1) is 0 Å². The number of esters is 1. The summed E-state index contributed by atoms with van der Waals surface area (Å²) < 4.78 is 6.51. The van der Waals surface area contributed by atoms with E-state index in [-0.39, 0.29) is 18.1 Å². The van der Waals surface area contributed by atoms with E-state index in [0.717, 1.165) is 32.4 Å². The molecule has 1 aromatic heterocycles. The number of aryl methyl sites for hydroxylation is 1. The predicted octanol–water partition coefficient (Wildman–Crippen LogP) is 2.81. The van der Waals surface area contributed by atoms with Crippen LogP contribution in [0.25, 0.3) is 0 Å². The third-order valence-electron chi connectivity index (χ3n) is 5.15. The number of hydrogen-bond donors (Lipinski definition) is 1. The van der Waals surface area contributed by atoms with Gasteiger partial charge in [0.2, 0.25) is 5.91 Å². The minimum Gasteiger partial charge on any atom is -0.462 e. The van der Waals surface area contributed by atoms with Crippen molar-refractivity contribution in [2.45, 2.75) is 32.1 Å². The first-order chi connectivity index (χ1) is 13.6. The second-order valence-corrected chi connectivity index (χ2v) is 7.11. The number of likely N-dealkylation sites (tertiary alicyclic amines) is 1. The molecule has 1 amide bonds. The monoisotopic (exact) mass is 384 g/mol. The molecule has 1 atom stereocenters. The van der Waals surface area contributed by atoms with Crippen LogP contribution in [0.2, 0.25) is 0 Å². The molecule has 7 nitrogen and oxygen atoms in total. The van der Waals surface area contributed by atoms with Crippen LogP contribution in [-0.2, 0) is 16.6 Å². The molecule has 0 bridgehead atoms. The van der Waals surface area contributed by atoms with Gasteiger partial charge in [0.05, 0.1) is 19.3 Å². The molecular formula is C21H28N4O3. The summed E-state index contributed by atoms with van der Waals surface area (Å²) in [5.41, 5.74) is 1.65. The number of nitrogens with zero attached hydrogens (tertiary/aromatic N) is 3. The summed E-state index contributed by atoms with van der Waals surface area (Å²) in [7, 11) is 1.69. The molecule has 1 unspecified atom stereocenters. The Kier molecular flexibility index (Phi) is 6.81. The second kappa shape index (κ2) is 9.50. The summed E-state index contributed by atoms with van der Waals surface area (Å²) in [6.45, 7) is 4.09. The third-order valence-corrected chi connectivity index (χ3v) is 5.15. The van der Waals surface area contributed by atoms with Gasteiger partial charge in [0, 0.05) is 7.05 Å². The predicted molar refractivity (Wildman–Crippen MR) is 107 cm³/mol. The van der Waals surface area contributed by atoms with Crippen LogP contribution in [0.4, 0.5) is 5.82 Å². The largest absolute Gasteiger partial charge is 0.462 e. The van der Waals surface area contributed by atoms with Crippen molar-refractivity contribution in [1.82, 2.24) is 14.7 Å². The summed E-state index contributed by atoms with van der Waals surface area (Å²) in [5.74, 6) is 0.292. The Balaban J connectivity index is 1.57. The number of anilines is 1. The molecule has 7 heteroatoms. The fourth-order valence-electron chi connectivity index (χ4n) is 3.69. The number of carbonyl (C=O) groups excluding carboxylic acids is 2. The van der Waals surface area contributed by atoms with E-state index in [1.54, 1.807) is 14.0 Å². The summed E-state index contributed by atoms with van der Waals surface area (Å²) >= 11 is 0. The summed E-state index contributed by atoms with van der Waals surface area (Å²) in [4.78, 5) is 26.8. The number of rotatable bonds is 6. The van der Waals surface area contributed by atoms with E-state index in [2.05, 4.69) is 39.6 Å². The maximum Gasteiger partial charge on any atom is 0.343 e. The van der Waals surface area contributed by atoms with E-state index < -0.39 is 5.97 Å². The maximum atomic E-state index is 12.6. The van der Waals surface area contributed by atoms with Crippen LogP contribution in [0, 0.1) is 0 Å². The van der Waals surface area contributed by atoms with Gasteiger partial charge >= 0.3 is 5.97 Å². The van der Waals surface area contributed by atoms with Gasteiger partial charge in [0.1, 0.15) is 11.4 Å². The third kappa shape index (κ3) is 4.98. The van der Waals surface area contributed by atoms with Gasteiger partial charge in [0.15, 0.2) is 0 Å². The Morgan fingerprint density at radius 3 is 2.75 bits per heavy atom. The summed E-state index contributed by atoms with van der Waals surface area (Å²) in [5, 5.41) is 6.89. The molecule has 28 heavy (non-hydrogen) atoms. The van der Waals surface area contributed by atoms with Gasteiger partial charge in [0.25, 0.3) is 0 Å². The van der Waals surface area contributed by atoms with Crippen molar-refractivity contribution in [3.8, 4) is 0 Å². The lowest BCUT2D eigenvalue weighted by Gasteiger charge is -2.20. The summed E-state index contributed by atoms with van der Waals surface area (Å²) in [6, 6.07) is 10.6. The molecule has 1 aliphatic heterocycles. The number of hydrogen-bond acceptors (Lipinski definition) is 5. The molecule has 0 radical (unpaired) electrons. The number of carbonyl (C=O) groups is 2. The molecule has 1 N–H and O–H groups in total. The molecule has 1 aliphatic rings. The molecule has 0 aliphatic carbocycles. The van der Waals surface area contributed by atoms with E-state index in [4.69, 9.17) is 4.74 Å². The number of ether oxygens (including phenoxy) is 1. The van der Waals surface area contributed by atoms with Gasteiger partial charge < -0.3 is 10.1 Å². The van der Waals surface area contributed by atoms with Gasteiger partial charge in [-0.2, -0.15) is 5.10 Å². The van der Waals surface area contributed by atoms with E-state index in [1.807, 2.05) is 6.07 Å². The molecule has 1 fully saturated rings. The zero-order valence-electron chi connectivity index (χ0n) is 16.6. The highest BCUT2D eigenvalue weighted by Crippen LogP contribution is 2.27. The number of benzene rings is 1. The molecule has 150 valence electrons. The van der Waals surface area contributed by atoms with Crippen molar-refractivity contribution in [2.75, 3.05) is 31.6 Å². The molecule has 0 saturated carbocycles. The maximum absolute atomic E-state index is 12.6. The quantitative estimate of drug-likeness (QED) is 0.775. The Morgan fingerprint density at radius 2 is 2.00 bits per heavy atom. The average molecular weight is 384 g/mol. The Morgan fingerprint density at radius 1 is 1.21 bits per heavy atom. The van der Waals surface area contributed by atoms with Crippen molar-refractivity contribution in [1.29, 1.82) is 0 Å². The van der Waals surface area contributed by atoms with Crippen LogP contribution in [0.3, 0.4) is 0 Å². The number of amides is 1. The minimum atomic E-state index is -0.480. The fourth-order valence-corrected chi connectivity index (χ4v) is 3.69. The summed E-state index contributed by atoms with van der Waals surface area (Å²) in [6.07, 6.45) is 4.66.